The first-order chi connectivity index (χ1) is 11.2. The lowest BCUT2D eigenvalue weighted by molar-refractivity contribution is 0.312. The van der Waals surface area contributed by atoms with Crippen LogP contribution in [0.3, 0.4) is 0 Å². The summed E-state index contributed by atoms with van der Waals surface area (Å²) in [5, 5.41) is 0.478. The molecule has 1 unspecified atom stereocenters. The zero-order valence-electron chi connectivity index (χ0n) is 13.6. The highest BCUT2D eigenvalue weighted by atomic mass is 32.2. The van der Waals surface area contributed by atoms with Gasteiger partial charge in [-0.15, -0.1) is 6.58 Å². The monoisotopic (exact) mass is 338 g/mol. The molecule has 1 aromatic rings. The molecular formula is C19H24F2OS. The quantitative estimate of drug-likeness (QED) is 0.454. The van der Waals surface area contributed by atoms with Gasteiger partial charge in [0.05, 0.1) is 6.61 Å². The van der Waals surface area contributed by atoms with Crippen molar-refractivity contribution in [3.63, 3.8) is 0 Å². The van der Waals surface area contributed by atoms with Crippen molar-refractivity contribution >= 4 is 11.8 Å². The van der Waals surface area contributed by atoms with Crippen LogP contribution in [0, 0.1) is 11.6 Å². The number of allylic oxidation sites excluding steroid dienone is 2. The molecule has 1 aliphatic heterocycles. The van der Waals surface area contributed by atoms with Gasteiger partial charge < -0.3 is 4.74 Å². The lowest BCUT2D eigenvalue weighted by atomic mass is 9.93. The first kappa shape index (κ1) is 18.1. The third-order valence-corrected chi connectivity index (χ3v) is 5.43. The van der Waals surface area contributed by atoms with Crippen molar-refractivity contribution < 1.29 is 13.5 Å². The van der Waals surface area contributed by atoms with E-state index in [1.54, 1.807) is 19.1 Å². The van der Waals surface area contributed by atoms with Crippen LogP contribution < -0.4 is 4.74 Å². The van der Waals surface area contributed by atoms with Gasteiger partial charge in [-0.1, -0.05) is 24.3 Å². The third-order valence-electron chi connectivity index (χ3n) is 4.02. The Bertz CT molecular complexity index is 549. The van der Waals surface area contributed by atoms with E-state index >= 15 is 0 Å². The number of thioether (sulfide) groups is 1. The summed E-state index contributed by atoms with van der Waals surface area (Å²) in [6, 6.07) is 3.22. The average molecular weight is 338 g/mol. The van der Waals surface area contributed by atoms with Gasteiger partial charge >= 0.3 is 0 Å². The Balaban J connectivity index is 1.96. The normalized spacial score (nSPS) is 21.5. The molecule has 1 aromatic carbocycles. The summed E-state index contributed by atoms with van der Waals surface area (Å²) in [5.74, 6) is -0.716. The van der Waals surface area contributed by atoms with Crippen molar-refractivity contribution in [2.75, 3.05) is 12.4 Å². The van der Waals surface area contributed by atoms with Crippen LogP contribution in [0.25, 0.3) is 0 Å². The lowest BCUT2D eigenvalue weighted by Crippen LogP contribution is -2.16. The molecular weight excluding hydrogens is 314 g/mol. The molecule has 2 atom stereocenters. The van der Waals surface area contributed by atoms with Crippen LogP contribution in [-0.4, -0.2) is 17.6 Å². The maximum absolute atomic E-state index is 14.3. The summed E-state index contributed by atoms with van der Waals surface area (Å²) in [6.45, 7) is 5.79. The number of unbranched alkanes of at least 4 members (excludes halogenated alkanes) is 1. The molecule has 1 aliphatic rings. The van der Waals surface area contributed by atoms with Gasteiger partial charge in [0.15, 0.2) is 11.6 Å². The first-order valence-corrected chi connectivity index (χ1v) is 9.22. The molecule has 1 heterocycles. The Morgan fingerprint density at radius 1 is 1.26 bits per heavy atom. The molecule has 0 amide bonds. The summed E-state index contributed by atoms with van der Waals surface area (Å²) in [7, 11) is 0. The fourth-order valence-electron chi connectivity index (χ4n) is 2.76. The van der Waals surface area contributed by atoms with E-state index in [4.69, 9.17) is 4.74 Å². The van der Waals surface area contributed by atoms with E-state index < -0.39 is 11.6 Å². The second-order valence-electron chi connectivity index (χ2n) is 5.65. The Morgan fingerprint density at radius 2 is 2.09 bits per heavy atom. The van der Waals surface area contributed by atoms with Crippen LogP contribution >= 0.6 is 11.8 Å². The highest BCUT2D eigenvalue weighted by molar-refractivity contribution is 8.00. The highest BCUT2D eigenvalue weighted by Crippen LogP contribution is 2.38. The second kappa shape index (κ2) is 9.11. The molecule has 23 heavy (non-hydrogen) atoms. The predicted octanol–water partition coefficient (Wildman–Crippen LogP) is 5.87. The van der Waals surface area contributed by atoms with Crippen molar-refractivity contribution in [2.24, 2.45) is 0 Å². The van der Waals surface area contributed by atoms with E-state index in [0.717, 1.165) is 31.4 Å². The van der Waals surface area contributed by atoms with E-state index in [0.29, 0.717) is 17.4 Å². The van der Waals surface area contributed by atoms with Gasteiger partial charge in [-0.2, -0.15) is 16.2 Å². The smallest absolute Gasteiger partial charge is 0.200 e. The first-order valence-electron chi connectivity index (χ1n) is 8.17. The van der Waals surface area contributed by atoms with Crippen molar-refractivity contribution in [3.8, 4) is 5.75 Å². The Hall–Kier alpha value is -1.29. The summed E-state index contributed by atoms with van der Waals surface area (Å²) >= 11 is 1.82. The van der Waals surface area contributed by atoms with E-state index in [9.17, 15) is 8.78 Å². The largest absolute Gasteiger partial charge is 0.491 e. The molecule has 0 aromatic heterocycles. The van der Waals surface area contributed by atoms with Crippen molar-refractivity contribution in [1.29, 1.82) is 0 Å². The summed E-state index contributed by atoms with van der Waals surface area (Å²) in [4.78, 5) is 0. The zero-order chi connectivity index (χ0) is 16.7. The van der Waals surface area contributed by atoms with Crippen molar-refractivity contribution in [2.45, 2.75) is 43.8 Å². The molecule has 1 saturated heterocycles. The van der Waals surface area contributed by atoms with Crippen LogP contribution in [0.2, 0.25) is 0 Å². The van der Waals surface area contributed by atoms with Gasteiger partial charge in [0.1, 0.15) is 0 Å². The van der Waals surface area contributed by atoms with Gasteiger partial charge in [0, 0.05) is 11.0 Å². The number of hydrogen-bond acceptors (Lipinski definition) is 2. The van der Waals surface area contributed by atoms with Gasteiger partial charge in [-0.05, 0) is 50.2 Å². The second-order valence-corrected chi connectivity index (χ2v) is 6.93. The number of benzene rings is 1. The van der Waals surface area contributed by atoms with E-state index in [2.05, 4.69) is 18.7 Å². The van der Waals surface area contributed by atoms with Crippen LogP contribution in [0.5, 0.6) is 5.75 Å². The van der Waals surface area contributed by atoms with Crippen LogP contribution in [0.15, 0.2) is 36.9 Å². The Kier molecular flexibility index (Phi) is 7.15. The maximum Gasteiger partial charge on any atom is 0.200 e. The molecule has 0 bridgehead atoms. The minimum absolute atomic E-state index is 0.000223. The summed E-state index contributed by atoms with van der Waals surface area (Å²) in [6.07, 6.45) is 10.2. The summed E-state index contributed by atoms with van der Waals surface area (Å²) in [5.41, 5.74) is 0.479. The van der Waals surface area contributed by atoms with E-state index in [1.807, 2.05) is 17.8 Å². The third kappa shape index (κ3) is 4.84. The van der Waals surface area contributed by atoms with Crippen LogP contribution in [-0.2, 0) is 0 Å². The minimum atomic E-state index is -0.860. The minimum Gasteiger partial charge on any atom is -0.491 e. The Morgan fingerprint density at radius 3 is 2.74 bits per heavy atom. The standard InChI is InChI=1S/C19H24F2OS/c1-3-5-6-7-8-15-10-9-14(13-23-15)16-11-12-17(22-4-2)19(21)18(16)20/h3,7-8,11-12,14-15H,1,4-6,9-10,13H2,2H3/b8-7+/t14-,15?/m1/s1. The van der Waals surface area contributed by atoms with Gasteiger partial charge in [0.25, 0.3) is 0 Å². The van der Waals surface area contributed by atoms with Gasteiger partial charge in [-0.3, -0.25) is 0 Å². The van der Waals surface area contributed by atoms with E-state index in [-0.39, 0.29) is 11.7 Å². The molecule has 0 aliphatic carbocycles. The number of ether oxygens (including phenoxy) is 1. The van der Waals surface area contributed by atoms with Crippen LogP contribution in [0.1, 0.15) is 44.1 Å². The highest BCUT2D eigenvalue weighted by Gasteiger charge is 2.26. The van der Waals surface area contributed by atoms with Crippen molar-refractivity contribution in [1.82, 2.24) is 0 Å². The van der Waals surface area contributed by atoms with Crippen molar-refractivity contribution in [3.05, 3.63) is 54.1 Å². The fraction of sp³-hybridized carbons (Fsp3) is 0.474. The molecule has 4 heteroatoms. The molecule has 0 radical (unpaired) electrons. The summed E-state index contributed by atoms with van der Waals surface area (Å²) < 4.78 is 33.4. The molecule has 0 N–H and O–H groups in total. The fourth-order valence-corrected chi connectivity index (χ4v) is 4.11. The maximum atomic E-state index is 14.3. The lowest BCUT2D eigenvalue weighted by Gasteiger charge is -2.27. The number of rotatable bonds is 7. The molecule has 0 saturated carbocycles. The van der Waals surface area contributed by atoms with Gasteiger partial charge in [-0.25, -0.2) is 4.39 Å². The van der Waals surface area contributed by atoms with Gasteiger partial charge in [0.2, 0.25) is 5.82 Å². The predicted molar refractivity (Wildman–Crippen MR) is 94.3 cm³/mol. The average Bonchev–Trinajstić information content (AvgIpc) is 2.57. The van der Waals surface area contributed by atoms with E-state index in [1.165, 1.54) is 0 Å². The molecule has 126 valence electrons. The molecule has 1 nitrogen and oxygen atoms in total. The molecule has 0 spiro atoms. The molecule has 1 fully saturated rings. The Labute approximate surface area is 141 Å². The van der Waals surface area contributed by atoms with Crippen LogP contribution in [0.4, 0.5) is 8.78 Å². The zero-order valence-corrected chi connectivity index (χ0v) is 14.4. The number of hydrogen-bond donors (Lipinski definition) is 0. The number of halogens is 2. The topological polar surface area (TPSA) is 9.23 Å². The SMILES string of the molecule is C=CCC/C=C/C1CC[C@@H](c2ccc(OCC)c(F)c2F)CS1. The molecule has 2 rings (SSSR count).